The minimum Gasteiger partial charge on any atom is -0.349 e. The maximum atomic E-state index is 11.6. The first-order valence-corrected chi connectivity index (χ1v) is 9.97. The van der Waals surface area contributed by atoms with Crippen LogP contribution in [0.5, 0.6) is 0 Å². The number of aromatic nitrogens is 2. The maximum Gasteiger partial charge on any atom is 0.220 e. The SMILES string of the molecule is CCCCCCCCCCn1c(CNC(=O)CC)nc2ccccc21. The zero-order valence-electron chi connectivity index (χ0n) is 15.9. The van der Waals surface area contributed by atoms with Crippen molar-refractivity contribution >= 4 is 16.9 Å². The molecule has 0 bridgehead atoms. The number of hydrogen-bond donors (Lipinski definition) is 1. The molecule has 0 aliphatic carbocycles. The van der Waals surface area contributed by atoms with Crippen LogP contribution < -0.4 is 5.32 Å². The van der Waals surface area contributed by atoms with Gasteiger partial charge >= 0.3 is 0 Å². The number of unbranched alkanes of at least 4 members (excludes halogenated alkanes) is 7. The predicted molar refractivity (Wildman–Crippen MR) is 104 cm³/mol. The zero-order valence-corrected chi connectivity index (χ0v) is 15.9. The highest BCUT2D eigenvalue weighted by Gasteiger charge is 2.10. The number of fused-ring (bicyclic) bond motifs is 1. The lowest BCUT2D eigenvalue weighted by Gasteiger charge is -2.10. The Morgan fingerprint density at radius 1 is 1.00 bits per heavy atom. The Balaban J connectivity index is 1.88. The van der Waals surface area contributed by atoms with E-state index in [1.807, 2.05) is 19.1 Å². The van der Waals surface area contributed by atoms with Gasteiger partial charge in [0.25, 0.3) is 0 Å². The standard InChI is InChI=1S/C21H33N3O/c1-3-5-6-7-8-9-10-13-16-24-19-15-12-11-14-18(19)23-20(24)17-22-21(25)4-2/h11-12,14-15H,3-10,13,16-17H2,1-2H3,(H,22,25). The zero-order chi connectivity index (χ0) is 17.9. The predicted octanol–water partition coefficient (Wildman–Crippen LogP) is 5.20. The van der Waals surface area contributed by atoms with Crippen LogP contribution in [0.4, 0.5) is 0 Å². The van der Waals surface area contributed by atoms with E-state index in [2.05, 4.69) is 28.9 Å². The van der Waals surface area contributed by atoms with Crippen LogP contribution >= 0.6 is 0 Å². The number of amides is 1. The molecule has 0 saturated heterocycles. The molecule has 0 aliphatic rings. The highest BCUT2D eigenvalue weighted by Crippen LogP contribution is 2.18. The third-order valence-corrected chi connectivity index (χ3v) is 4.73. The Kier molecular flexibility index (Phi) is 8.50. The molecule has 2 aromatic rings. The fraction of sp³-hybridized carbons (Fsp3) is 0.619. The Hall–Kier alpha value is -1.84. The summed E-state index contributed by atoms with van der Waals surface area (Å²) in [6, 6.07) is 8.25. The summed E-state index contributed by atoms with van der Waals surface area (Å²) >= 11 is 0. The van der Waals surface area contributed by atoms with Crippen LogP contribution in [0.2, 0.25) is 0 Å². The second kappa shape index (κ2) is 10.9. The third-order valence-electron chi connectivity index (χ3n) is 4.73. The van der Waals surface area contributed by atoms with E-state index in [1.165, 1.54) is 56.9 Å². The molecule has 138 valence electrons. The molecule has 1 heterocycles. The Labute approximate surface area is 152 Å². The number of nitrogens with one attached hydrogen (secondary N) is 1. The summed E-state index contributed by atoms with van der Waals surface area (Å²) in [5.74, 6) is 1.04. The van der Waals surface area contributed by atoms with Crippen LogP contribution in [0, 0.1) is 0 Å². The van der Waals surface area contributed by atoms with Gasteiger partial charge in [-0.15, -0.1) is 0 Å². The van der Waals surface area contributed by atoms with E-state index >= 15 is 0 Å². The summed E-state index contributed by atoms with van der Waals surface area (Å²) in [6.07, 6.45) is 11.0. The van der Waals surface area contributed by atoms with Crippen LogP contribution in [0.25, 0.3) is 11.0 Å². The van der Waals surface area contributed by atoms with Crippen LogP contribution in [0.1, 0.15) is 77.5 Å². The summed E-state index contributed by atoms with van der Waals surface area (Å²) < 4.78 is 2.28. The molecule has 1 N–H and O–H groups in total. The maximum absolute atomic E-state index is 11.6. The normalized spacial score (nSPS) is 11.1. The molecule has 0 atom stereocenters. The van der Waals surface area contributed by atoms with Crippen molar-refractivity contribution in [3.05, 3.63) is 30.1 Å². The molecule has 0 spiro atoms. The monoisotopic (exact) mass is 343 g/mol. The van der Waals surface area contributed by atoms with Gasteiger partial charge in [-0.05, 0) is 18.6 Å². The van der Waals surface area contributed by atoms with Crippen LogP contribution in [0.15, 0.2) is 24.3 Å². The molecule has 0 unspecified atom stereocenters. The number of aryl methyl sites for hydroxylation is 1. The van der Waals surface area contributed by atoms with Gasteiger partial charge in [0.2, 0.25) is 5.91 Å². The van der Waals surface area contributed by atoms with E-state index in [-0.39, 0.29) is 5.91 Å². The highest BCUT2D eigenvalue weighted by molar-refractivity contribution is 5.77. The quantitative estimate of drug-likeness (QED) is 0.538. The van der Waals surface area contributed by atoms with Crippen molar-refractivity contribution in [2.24, 2.45) is 0 Å². The minimum atomic E-state index is 0.0747. The van der Waals surface area contributed by atoms with Crippen LogP contribution in [0.3, 0.4) is 0 Å². The number of imidazole rings is 1. The Morgan fingerprint density at radius 3 is 2.40 bits per heavy atom. The molecule has 2 rings (SSSR count). The fourth-order valence-corrected chi connectivity index (χ4v) is 3.22. The molecule has 25 heavy (non-hydrogen) atoms. The van der Waals surface area contributed by atoms with Gasteiger partial charge in [0.05, 0.1) is 17.6 Å². The topological polar surface area (TPSA) is 46.9 Å². The molecule has 0 fully saturated rings. The van der Waals surface area contributed by atoms with Crippen molar-refractivity contribution in [1.29, 1.82) is 0 Å². The van der Waals surface area contributed by atoms with Gasteiger partial charge in [0, 0.05) is 13.0 Å². The molecule has 4 heteroatoms. The number of carbonyl (C=O) groups excluding carboxylic acids is 1. The van der Waals surface area contributed by atoms with E-state index in [9.17, 15) is 4.79 Å². The first kappa shape index (κ1) is 19.5. The van der Waals surface area contributed by atoms with Crippen LogP contribution in [-0.2, 0) is 17.9 Å². The molecule has 1 aromatic heterocycles. The summed E-state index contributed by atoms with van der Waals surface area (Å²) in [7, 11) is 0. The lowest BCUT2D eigenvalue weighted by molar-refractivity contribution is -0.120. The van der Waals surface area contributed by atoms with Gasteiger partial charge in [-0.2, -0.15) is 0 Å². The summed E-state index contributed by atoms with van der Waals surface area (Å²) in [4.78, 5) is 16.3. The van der Waals surface area contributed by atoms with E-state index in [0.717, 1.165) is 17.9 Å². The van der Waals surface area contributed by atoms with Gasteiger partial charge in [-0.3, -0.25) is 4.79 Å². The highest BCUT2D eigenvalue weighted by atomic mass is 16.1. The van der Waals surface area contributed by atoms with E-state index in [0.29, 0.717) is 13.0 Å². The largest absolute Gasteiger partial charge is 0.349 e. The number of rotatable bonds is 12. The molecule has 0 aliphatic heterocycles. The molecule has 4 nitrogen and oxygen atoms in total. The first-order chi connectivity index (χ1) is 12.3. The second-order valence-electron chi connectivity index (χ2n) is 6.77. The lowest BCUT2D eigenvalue weighted by Crippen LogP contribution is -2.23. The van der Waals surface area contributed by atoms with Crippen LogP contribution in [-0.4, -0.2) is 15.5 Å². The van der Waals surface area contributed by atoms with Gasteiger partial charge in [0.15, 0.2) is 0 Å². The summed E-state index contributed by atoms with van der Waals surface area (Å²) in [5.41, 5.74) is 2.19. The third kappa shape index (κ3) is 6.18. The number of benzene rings is 1. The van der Waals surface area contributed by atoms with Gasteiger partial charge in [-0.1, -0.05) is 70.9 Å². The summed E-state index contributed by atoms with van der Waals surface area (Å²) in [5, 5.41) is 2.96. The van der Waals surface area contributed by atoms with Crippen molar-refractivity contribution < 1.29 is 4.79 Å². The Morgan fingerprint density at radius 2 is 1.68 bits per heavy atom. The molecule has 1 aromatic carbocycles. The molecular weight excluding hydrogens is 310 g/mol. The molecule has 0 saturated carbocycles. The van der Waals surface area contributed by atoms with E-state index in [1.54, 1.807) is 0 Å². The van der Waals surface area contributed by atoms with Crippen molar-refractivity contribution in [1.82, 2.24) is 14.9 Å². The minimum absolute atomic E-state index is 0.0747. The number of nitrogens with zero attached hydrogens (tertiary/aromatic N) is 2. The van der Waals surface area contributed by atoms with Crippen molar-refractivity contribution in [2.45, 2.75) is 84.7 Å². The molecule has 0 radical (unpaired) electrons. The second-order valence-corrected chi connectivity index (χ2v) is 6.77. The van der Waals surface area contributed by atoms with E-state index in [4.69, 9.17) is 4.98 Å². The smallest absolute Gasteiger partial charge is 0.220 e. The van der Waals surface area contributed by atoms with Gasteiger partial charge < -0.3 is 9.88 Å². The molecule has 1 amide bonds. The van der Waals surface area contributed by atoms with Gasteiger partial charge in [0.1, 0.15) is 5.82 Å². The van der Waals surface area contributed by atoms with Crippen molar-refractivity contribution in [2.75, 3.05) is 0 Å². The number of hydrogen-bond acceptors (Lipinski definition) is 2. The van der Waals surface area contributed by atoms with Crippen molar-refractivity contribution in [3.8, 4) is 0 Å². The average molecular weight is 344 g/mol. The summed E-state index contributed by atoms with van der Waals surface area (Å²) in [6.45, 7) is 5.62. The average Bonchev–Trinajstić information content (AvgIpc) is 2.99. The number of para-hydroxylation sites is 2. The van der Waals surface area contributed by atoms with Crippen molar-refractivity contribution in [3.63, 3.8) is 0 Å². The van der Waals surface area contributed by atoms with E-state index < -0.39 is 0 Å². The first-order valence-electron chi connectivity index (χ1n) is 9.97. The fourth-order valence-electron chi connectivity index (χ4n) is 3.22. The van der Waals surface area contributed by atoms with Gasteiger partial charge in [-0.25, -0.2) is 4.98 Å². The lowest BCUT2D eigenvalue weighted by atomic mass is 10.1. The molecular formula is C21H33N3O. The number of carbonyl (C=O) groups is 1. The Bertz CT molecular complexity index is 648.